The molecule has 1 aromatic carbocycles. The van der Waals surface area contributed by atoms with Crippen LogP contribution in [-0.2, 0) is 20.9 Å². The summed E-state index contributed by atoms with van der Waals surface area (Å²) in [6, 6.07) is 10.0. The van der Waals surface area contributed by atoms with Gasteiger partial charge in [0.25, 0.3) is 0 Å². The molecule has 0 radical (unpaired) electrons. The Morgan fingerprint density at radius 2 is 1.63 bits per heavy atom. The van der Waals surface area contributed by atoms with Gasteiger partial charge in [0.05, 0.1) is 11.4 Å². The first kappa shape index (κ1) is 23.9. The quantitative estimate of drug-likeness (QED) is 0.466. The van der Waals surface area contributed by atoms with Gasteiger partial charge in [-0.2, -0.15) is 0 Å². The fourth-order valence-electron chi connectivity index (χ4n) is 2.27. The van der Waals surface area contributed by atoms with Crippen molar-refractivity contribution in [2.75, 3.05) is 6.61 Å². The van der Waals surface area contributed by atoms with E-state index < -0.39 is 17.0 Å². The highest BCUT2D eigenvalue weighted by molar-refractivity contribution is 7.14. The summed E-state index contributed by atoms with van der Waals surface area (Å²) < 4.78 is 10.8. The zero-order chi connectivity index (χ0) is 22.5. The largest absolute Gasteiger partial charge is 0.476 e. The average molecular weight is 452 g/mol. The van der Waals surface area contributed by atoms with Crippen LogP contribution in [0.3, 0.4) is 0 Å². The van der Waals surface area contributed by atoms with E-state index in [2.05, 4.69) is 5.32 Å². The van der Waals surface area contributed by atoms with Gasteiger partial charge in [0.2, 0.25) is 11.7 Å². The lowest BCUT2D eigenvalue weighted by molar-refractivity contribution is -0.158. The van der Waals surface area contributed by atoms with Gasteiger partial charge < -0.3 is 14.8 Å². The molecular weight excluding hydrogens is 426 g/mol. The molecule has 2 rings (SSSR count). The molecule has 0 aliphatic rings. The number of esters is 1. The predicted molar refractivity (Wildman–Crippen MR) is 117 cm³/mol. The molecule has 0 aliphatic heterocycles. The molecule has 2 aromatic rings. The molecule has 1 amide bonds. The minimum absolute atomic E-state index is 0.0689. The molecule has 0 aliphatic carbocycles. The highest BCUT2D eigenvalue weighted by Crippen LogP contribution is 2.22. The van der Waals surface area contributed by atoms with Crippen LogP contribution < -0.4 is 10.1 Å². The number of hydrogen-bond donors (Lipinski definition) is 1. The number of benzene rings is 1. The number of nitrogens with one attached hydrogen (secondary N) is 1. The van der Waals surface area contributed by atoms with Crippen LogP contribution in [0.15, 0.2) is 36.4 Å². The van der Waals surface area contributed by atoms with Gasteiger partial charge in [-0.3, -0.25) is 9.59 Å². The van der Waals surface area contributed by atoms with Crippen LogP contribution in [0, 0.1) is 5.41 Å². The number of ether oxygens (including phenoxy) is 2. The summed E-state index contributed by atoms with van der Waals surface area (Å²) >= 11 is 7.10. The molecule has 1 N–H and O–H groups in total. The fraction of sp³-hybridized carbons (Fsp3) is 0.409. The lowest BCUT2D eigenvalue weighted by Crippen LogP contribution is -2.40. The normalized spacial score (nSPS) is 11.7. The van der Waals surface area contributed by atoms with Crippen LogP contribution in [-0.4, -0.2) is 29.9 Å². The molecule has 162 valence electrons. The van der Waals surface area contributed by atoms with Gasteiger partial charge in [-0.05, 0) is 50.2 Å². The van der Waals surface area contributed by atoms with E-state index in [4.69, 9.17) is 21.1 Å². The molecule has 0 spiro atoms. The van der Waals surface area contributed by atoms with Crippen LogP contribution in [0.1, 0.15) is 49.2 Å². The summed E-state index contributed by atoms with van der Waals surface area (Å²) in [7, 11) is 0. The number of thiophene rings is 1. The molecule has 30 heavy (non-hydrogen) atoms. The Labute approximate surface area is 185 Å². The summed E-state index contributed by atoms with van der Waals surface area (Å²) in [5.41, 5.74) is -1.75. The molecular formula is C22H26ClNO5S. The number of ketones is 1. The number of rotatable bonds is 8. The van der Waals surface area contributed by atoms with E-state index in [0.29, 0.717) is 22.2 Å². The van der Waals surface area contributed by atoms with Crippen molar-refractivity contribution in [3.63, 3.8) is 0 Å². The number of carbonyl (C=O) groups is 3. The van der Waals surface area contributed by atoms with E-state index in [1.54, 1.807) is 50.2 Å². The Bertz CT molecular complexity index is 912. The molecule has 0 fully saturated rings. The van der Waals surface area contributed by atoms with Crippen molar-refractivity contribution in [3.8, 4) is 5.75 Å². The molecule has 0 saturated heterocycles. The van der Waals surface area contributed by atoms with Crippen molar-refractivity contribution in [1.29, 1.82) is 0 Å². The van der Waals surface area contributed by atoms with Crippen molar-refractivity contribution >= 4 is 40.6 Å². The molecule has 0 atom stereocenters. The Balaban J connectivity index is 1.87. The van der Waals surface area contributed by atoms with Crippen LogP contribution in [0.5, 0.6) is 5.75 Å². The fourth-order valence-corrected chi connectivity index (χ4v) is 3.27. The van der Waals surface area contributed by atoms with Gasteiger partial charge in [0.15, 0.2) is 12.2 Å². The van der Waals surface area contributed by atoms with E-state index in [1.807, 2.05) is 20.8 Å². The summed E-state index contributed by atoms with van der Waals surface area (Å²) in [5.74, 6) is -0.572. The molecule has 0 saturated carbocycles. The second kappa shape index (κ2) is 9.62. The number of halogens is 1. The molecule has 1 aromatic heterocycles. The molecule has 8 heteroatoms. The van der Waals surface area contributed by atoms with Crippen LogP contribution in [0.4, 0.5) is 0 Å². The highest BCUT2D eigenvalue weighted by atomic mass is 35.5. The van der Waals surface area contributed by atoms with E-state index in [-0.39, 0.29) is 18.3 Å². The lowest BCUT2D eigenvalue weighted by Gasteiger charge is -2.24. The van der Waals surface area contributed by atoms with Gasteiger partial charge in [0.1, 0.15) is 5.75 Å². The summed E-state index contributed by atoms with van der Waals surface area (Å²) in [6.07, 6.45) is 0. The second-order valence-corrected chi connectivity index (χ2v) is 9.87. The van der Waals surface area contributed by atoms with Gasteiger partial charge in [-0.25, -0.2) is 4.79 Å². The summed E-state index contributed by atoms with van der Waals surface area (Å²) in [5, 5.41) is 3.39. The third-order valence-electron chi connectivity index (χ3n) is 4.05. The molecule has 1 heterocycles. The van der Waals surface area contributed by atoms with Crippen molar-refractivity contribution < 1.29 is 23.9 Å². The van der Waals surface area contributed by atoms with Crippen LogP contribution in [0.25, 0.3) is 0 Å². The maximum Gasteiger partial charge on any atom is 0.350 e. The summed E-state index contributed by atoms with van der Waals surface area (Å²) in [6.45, 7) is 8.58. The topological polar surface area (TPSA) is 81.7 Å². The Morgan fingerprint density at radius 3 is 2.23 bits per heavy atom. The van der Waals surface area contributed by atoms with Gasteiger partial charge >= 0.3 is 5.97 Å². The monoisotopic (exact) mass is 451 g/mol. The minimum atomic E-state index is -1.27. The van der Waals surface area contributed by atoms with Crippen molar-refractivity contribution in [2.24, 2.45) is 5.41 Å². The molecule has 0 unspecified atom stereocenters. The van der Waals surface area contributed by atoms with Gasteiger partial charge in [-0.1, -0.05) is 32.4 Å². The van der Waals surface area contributed by atoms with Crippen LogP contribution >= 0.6 is 22.9 Å². The number of amides is 1. The Hall–Kier alpha value is -2.38. The predicted octanol–water partition coefficient (Wildman–Crippen LogP) is 4.65. The number of Topliss-reactive ketones (excluding diaryl/α,β-unsaturated/α-hetero) is 1. The minimum Gasteiger partial charge on any atom is -0.476 e. The third kappa shape index (κ3) is 6.85. The third-order valence-corrected chi connectivity index (χ3v) is 5.43. The number of carbonyl (C=O) groups excluding carboxylic acids is 3. The SMILES string of the molecule is CC(C)(C)C(=O)NCc1ccc(C(=O)COC(=O)C(C)(C)Oc2ccc(Cl)cc2)s1. The van der Waals surface area contributed by atoms with Crippen LogP contribution in [0.2, 0.25) is 5.02 Å². The Morgan fingerprint density at radius 1 is 1.00 bits per heavy atom. The van der Waals surface area contributed by atoms with Crippen molar-refractivity contribution in [3.05, 3.63) is 51.2 Å². The van der Waals surface area contributed by atoms with E-state index >= 15 is 0 Å². The lowest BCUT2D eigenvalue weighted by atomic mass is 9.96. The smallest absolute Gasteiger partial charge is 0.350 e. The Kier molecular flexibility index (Phi) is 7.66. The van der Waals surface area contributed by atoms with E-state index in [9.17, 15) is 14.4 Å². The van der Waals surface area contributed by atoms with Gasteiger partial charge in [-0.15, -0.1) is 11.3 Å². The zero-order valence-corrected chi connectivity index (χ0v) is 19.3. The first-order chi connectivity index (χ1) is 13.9. The van der Waals surface area contributed by atoms with Crippen molar-refractivity contribution in [2.45, 2.75) is 46.8 Å². The first-order valence-electron chi connectivity index (χ1n) is 9.40. The van der Waals surface area contributed by atoms with E-state index in [1.165, 1.54) is 11.3 Å². The first-order valence-corrected chi connectivity index (χ1v) is 10.6. The average Bonchev–Trinajstić information content (AvgIpc) is 3.13. The highest BCUT2D eigenvalue weighted by Gasteiger charge is 2.32. The standard InChI is InChI=1S/C22H26ClNO5S/c1-21(2,3)19(26)24-12-16-10-11-18(30-16)17(25)13-28-20(27)22(4,5)29-15-8-6-14(23)7-9-15/h6-11H,12-13H2,1-5H3,(H,24,26). The van der Waals surface area contributed by atoms with Crippen molar-refractivity contribution in [1.82, 2.24) is 5.32 Å². The molecule has 6 nitrogen and oxygen atoms in total. The van der Waals surface area contributed by atoms with E-state index in [0.717, 1.165) is 4.88 Å². The second-order valence-electron chi connectivity index (χ2n) is 8.26. The number of hydrogen-bond acceptors (Lipinski definition) is 6. The van der Waals surface area contributed by atoms with Gasteiger partial charge in [0, 0.05) is 15.3 Å². The molecule has 0 bridgehead atoms. The maximum atomic E-state index is 12.4. The zero-order valence-electron chi connectivity index (χ0n) is 17.7. The maximum absolute atomic E-state index is 12.4. The summed E-state index contributed by atoms with van der Waals surface area (Å²) in [4.78, 5) is 38.0.